The summed E-state index contributed by atoms with van der Waals surface area (Å²) in [5, 5.41) is -0.310. The molecule has 2 nitrogen and oxygen atoms in total. The minimum Gasteiger partial charge on any atom is -0.223 e. The van der Waals surface area contributed by atoms with Crippen LogP contribution in [0.25, 0.3) is 0 Å². The second-order valence-electron chi connectivity index (χ2n) is 4.05. The summed E-state index contributed by atoms with van der Waals surface area (Å²) in [6.45, 7) is 1.85. The van der Waals surface area contributed by atoms with Crippen molar-refractivity contribution >= 4 is 33.4 Å². The molecule has 1 unspecified atom stereocenters. The zero-order chi connectivity index (χ0) is 11.4. The van der Waals surface area contributed by atoms with Gasteiger partial charge in [0.15, 0.2) is 9.84 Å². The highest BCUT2D eigenvalue weighted by Gasteiger charge is 2.56. The minimum absolute atomic E-state index is 0.241. The third-order valence-corrected chi connectivity index (χ3v) is 9.62. The Labute approximate surface area is 104 Å². The van der Waals surface area contributed by atoms with Gasteiger partial charge in [-0.1, -0.05) is 18.2 Å². The van der Waals surface area contributed by atoms with E-state index in [-0.39, 0.29) is 9.33 Å². The molecule has 1 saturated heterocycles. The van der Waals surface area contributed by atoms with Crippen molar-refractivity contribution in [2.75, 3.05) is 11.5 Å². The highest BCUT2D eigenvalue weighted by molar-refractivity contribution is 8.21. The molecule has 0 bridgehead atoms. The van der Waals surface area contributed by atoms with E-state index >= 15 is 0 Å². The van der Waals surface area contributed by atoms with Crippen LogP contribution in [-0.2, 0) is 13.9 Å². The molecule has 1 fully saturated rings. The number of hydrogen-bond donors (Lipinski definition) is 0. The van der Waals surface area contributed by atoms with E-state index < -0.39 is 9.84 Å². The molecule has 1 aromatic carbocycles. The Morgan fingerprint density at radius 3 is 2.56 bits per heavy atom. The lowest BCUT2D eigenvalue weighted by Crippen LogP contribution is -2.28. The van der Waals surface area contributed by atoms with E-state index in [0.29, 0.717) is 4.90 Å². The first-order valence-corrected chi connectivity index (χ1v) is 8.72. The molecular formula is C11H12O2S3. The van der Waals surface area contributed by atoms with E-state index in [9.17, 15) is 8.42 Å². The highest BCUT2D eigenvalue weighted by atomic mass is 32.2. The first-order valence-electron chi connectivity index (χ1n) is 5.20. The number of thioether (sulfide) groups is 2. The molecule has 2 aliphatic rings. The smallest absolute Gasteiger partial charge is 0.183 e. The van der Waals surface area contributed by atoms with Gasteiger partial charge in [-0.15, -0.1) is 23.5 Å². The second kappa shape index (κ2) is 3.43. The molecule has 1 atom stereocenters. The summed E-state index contributed by atoms with van der Waals surface area (Å²) in [4.78, 5) is 0.546. The average Bonchev–Trinajstić information content (AvgIpc) is 2.82. The molecular weight excluding hydrogens is 260 g/mol. The van der Waals surface area contributed by atoms with Crippen LogP contribution in [0.5, 0.6) is 0 Å². The standard InChI is InChI=1S/C11H12O2S3/c1-8-11(14-6-7-15-11)9-4-2-3-5-10(9)16(8,12)13/h2-5,8H,6-7H2,1H3. The maximum absolute atomic E-state index is 12.3. The van der Waals surface area contributed by atoms with Gasteiger partial charge in [0.05, 0.1) is 10.1 Å². The van der Waals surface area contributed by atoms with Crippen molar-refractivity contribution in [3.05, 3.63) is 29.8 Å². The Hall–Kier alpha value is -0.130. The lowest BCUT2D eigenvalue weighted by Gasteiger charge is -2.26. The van der Waals surface area contributed by atoms with Crippen LogP contribution >= 0.6 is 23.5 Å². The van der Waals surface area contributed by atoms with E-state index in [1.807, 2.05) is 25.1 Å². The van der Waals surface area contributed by atoms with E-state index in [0.717, 1.165) is 17.1 Å². The highest BCUT2D eigenvalue weighted by Crippen LogP contribution is 2.61. The van der Waals surface area contributed by atoms with Gasteiger partial charge in [-0.3, -0.25) is 0 Å². The van der Waals surface area contributed by atoms with Crippen LogP contribution in [0.15, 0.2) is 29.2 Å². The minimum atomic E-state index is -3.12. The summed E-state index contributed by atoms with van der Waals surface area (Å²) in [6.07, 6.45) is 0. The van der Waals surface area contributed by atoms with Crippen LogP contribution in [0, 0.1) is 0 Å². The van der Waals surface area contributed by atoms with Crippen molar-refractivity contribution in [2.45, 2.75) is 21.1 Å². The zero-order valence-electron chi connectivity index (χ0n) is 8.84. The fourth-order valence-corrected chi connectivity index (χ4v) is 8.70. The first-order chi connectivity index (χ1) is 7.59. The quantitative estimate of drug-likeness (QED) is 0.727. The third kappa shape index (κ3) is 1.19. The SMILES string of the molecule is CC1C2(SCCS2)c2ccccc2S1(=O)=O. The van der Waals surface area contributed by atoms with Crippen molar-refractivity contribution in [3.63, 3.8) is 0 Å². The lowest BCUT2D eigenvalue weighted by atomic mass is 10.1. The molecule has 5 heteroatoms. The summed E-state index contributed by atoms with van der Waals surface area (Å²) in [5.74, 6) is 2.08. The molecule has 0 aliphatic carbocycles. The molecule has 0 saturated carbocycles. The maximum atomic E-state index is 12.3. The summed E-state index contributed by atoms with van der Waals surface area (Å²) >= 11 is 3.58. The van der Waals surface area contributed by atoms with Gasteiger partial charge in [0.1, 0.15) is 4.08 Å². The van der Waals surface area contributed by atoms with Gasteiger partial charge in [-0.25, -0.2) is 8.42 Å². The molecule has 0 radical (unpaired) electrons. The van der Waals surface area contributed by atoms with Crippen molar-refractivity contribution < 1.29 is 8.42 Å². The molecule has 86 valence electrons. The molecule has 1 spiro atoms. The fraction of sp³-hybridized carbons (Fsp3) is 0.455. The predicted octanol–water partition coefficient (Wildman–Crippen LogP) is 2.50. The lowest BCUT2D eigenvalue weighted by molar-refractivity contribution is 0.588. The molecule has 0 N–H and O–H groups in total. The molecule has 2 heterocycles. The van der Waals surface area contributed by atoms with E-state index in [4.69, 9.17) is 0 Å². The second-order valence-corrected chi connectivity index (χ2v) is 9.22. The predicted molar refractivity (Wildman–Crippen MR) is 69.7 cm³/mol. The zero-order valence-corrected chi connectivity index (χ0v) is 11.3. The summed E-state index contributed by atoms with van der Waals surface area (Å²) in [6, 6.07) is 7.47. The number of benzene rings is 1. The Morgan fingerprint density at radius 2 is 1.88 bits per heavy atom. The number of sulfone groups is 1. The third-order valence-electron chi connectivity index (χ3n) is 3.29. The Balaban J connectivity index is 2.32. The van der Waals surface area contributed by atoms with Gasteiger partial charge >= 0.3 is 0 Å². The van der Waals surface area contributed by atoms with Gasteiger partial charge in [-0.2, -0.15) is 0 Å². The molecule has 2 aliphatic heterocycles. The summed E-state index contributed by atoms with van der Waals surface area (Å²) in [5.41, 5.74) is 1.01. The molecule has 0 amide bonds. The summed E-state index contributed by atoms with van der Waals surface area (Å²) in [7, 11) is -3.12. The van der Waals surface area contributed by atoms with E-state index in [1.54, 1.807) is 29.6 Å². The van der Waals surface area contributed by atoms with E-state index in [2.05, 4.69) is 0 Å². The maximum Gasteiger partial charge on any atom is 0.183 e. The topological polar surface area (TPSA) is 34.1 Å². The van der Waals surface area contributed by atoms with Crippen LogP contribution in [-0.4, -0.2) is 25.2 Å². The van der Waals surface area contributed by atoms with Gasteiger partial charge in [-0.05, 0) is 18.6 Å². The van der Waals surface area contributed by atoms with Gasteiger partial charge < -0.3 is 0 Å². The fourth-order valence-electron chi connectivity index (χ4n) is 2.43. The van der Waals surface area contributed by atoms with Crippen molar-refractivity contribution in [2.24, 2.45) is 0 Å². The Bertz CT molecular complexity index is 530. The molecule has 0 aromatic heterocycles. The molecule has 16 heavy (non-hydrogen) atoms. The largest absolute Gasteiger partial charge is 0.223 e. The Kier molecular flexibility index (Phi) is 2.36. The average molecular weight is 272 g/mol. The van der Waals surface area contributed by atoms with Crippen LogP contribution in [0.1, 0.15) is 12.5 Å². The monoisotopic (exact) mass is 272 g/mol. The molecule has 1 aromatic rings. The van der Waals surface area contributed by atoms with Crippen LogP contribution < -0.4 is 0 Å². The van der Waals surface area contributed by atoms with Crippen LogP contribution in [0.2, 0.25) is 0 Å². The van der Waals surface area contributed by atoms with Crippen molar-refractivity contribution in [1.29, 1.82) is 0 Å². The first kappa shape index (κ1) is 11.0. The van der Waals surface area contributed by atoms with Crippen molar-refractivity contribution in [1.82, 2.24) is 0 Å². The van der Waals surface area contributed by atoms with Crippen molar-refractivity contribution in [3.8, 4) is 0 Å². The van der Waals surface area contributed by atoms with Gasteiger partial charge in [0.25, 0.3) is 0 Å². The van der Waals surface area contributed by atoms with Gasteiger partial charge in [0.2, 0.25) is 0 Å². The van der Waals surface area contributed by atoms with Crippen LogP contribution in [0.3, 0.4) is 0 Å². The van der Waals surface area contributed by atoms with Gasteiger partial charge in [0, 0.05) is 11.5 Å². The summed E-state index contributed by atoms with van der Waals surface area (Å²) < 4.78 is 24.4. The van der Waals surface area contributed by atoms with E-state index in [1.165, 1.54) is 0 Å². The molecule has 3 rings (SSSR count). The number of fused-ring (bicyclic) bond motifs is 2. The normalized spacial score (nSPS) is 29.4. The number of hydrogen-bond acceptors (Lipinski definition) is 4. The Morgan fingerprint density at radius 1 is 1.25 bits per heavy atom. The number of rotatable bonds is 0. The van der Waals surface area contributed by atoms with Crippen LogP contribution in [0.4, 0.5) is 0 Å².